The first-order valence-electron chi connectivity index (χ1n) is 15.0. The van der Waals surface area contributed by atoms with Gasteiger partial charge in [0.05, 0.1) is 17.4 Å². The number of ketones is 1. The maximum atomic E-state index is 14.5. The van der Waals surface area contributed by atoms with Gasteiger partial charge in [-0.3, -0.25) is 14.4 Å². The Balaban J connectivity index is 0.000000591. The molecule has 0 bridgehead atoms. The normalized spacial score (nSPS) is 20.2. The third-order valence-corrected chi connectivity index (χ3v) is 8.41. The van der Waals surface area contributed by atoms with Crippen molar-refractivity contribution < 1.29 is 37.5 Å². The number of carbonyl (C=O) groups is 4. The number of hydrogen-bond donors (Lipinski definition) is 3. The summed E-state index contributed by atoms with van der Waals surface area (Å²) in [5.41, 5.74) is 4.47. The van der Waals surface area contributed by atoms with Crippen LogP contribution in [0.2, 0.25) is 0 Å². The lowest BCUT2D eigenvalue weighted by Crippen LogP contribution is -2.68. The Bertz CT molecular complexity index is 1550. The van der Waals surface area contributed by atoms with E-state index >= 15 is 0 Å². The maximum Gasteiger partial charge on any atom is 0.490 e. The van der Waals surface area contributed by atoms with Crippen molar-refractivity contribution in [1.29, 1.82) is 0 Å². The van der Waals surface area contributed by atoms with E-state index in [1.54, 1.807) is 11.2 Å². The van der Waals surface area contributed by atoms with Gasteiger partial charge in [0.2, 0.25) is 11.8 Å². The van der Waals surface area contributed by atoms with Crippen LogP contribution in [-0.4, -0.2) is 61.8 Å². The minimum absolute atomic E-state index is 0.0438. The van der Waals surface area contributed by atoms with Gasteiger partial charge in [-0.25, -0.2) is 9.78 Å². The minimum Gasteiger partial charge on any atom is -0.475 e. The molecule has 12 heteroatoms. The first-order valence-corrected chi connectivity index (χ1v) is 15.0. The molecule has 1 aromatic heterocycles. The van der Waals surface area contributed by atoms with E-state index < -0.39 is 30.3 Å². The molecular formula is C33H39F3N4O5. The summed E-state index contributed by atoms with van der Waals surface area (Å²) >= 11 is 0. The number of fused-ring (bicyclic) bond motifs is 2. The van der Waals surface area contributed by atoms with E-state index in [9.17, 15) is 27.6 Å². The summed E-state index contributed by atoms with van der Waals surface area (Å²) in [5.74, 6) is -3.30. The molecule has 2 aliphatic rings. The van der Waals surface area contributed by atoms with Crippen LogP contribution >= 0.6 is 0 Å². The number of rotatable bonds is 7. The summed E-state index contributed by atoms with van der Waals surface area (Å²) in [4.78, 5) is 60.3. The van der Waals surface area contributed by atoms with Gasteiger partial charge >= 0.3 is 12.1 Å². The fraction of sp³-hybridized carbons (Fsp3) is 0.485. The van der Waals surface area contributed by atoms with Gasteiger partial charge in [-0.05, 0) is 58.9 Å². The summed E-state index contributed by atoms with van der Waals surface area (Å²) in [6.07, 6.45) is -1.00. The maximum absolute atomic E-state index is 14.5. The van der Waals surface area contributed by atoms with Crippen molar-refractivity contribution in [2.45, 2.75) is 84.6 Å². The number of alkyl halides is 3. The number of Topliss-reactive ketones (excluding diaryl/α,β-unsaturated/α-hetero) is 1. The van der Waals surface area contributed by atoms with Crippen LogP contribution < -0.4 is 5.32 Å². The number of imidazole rings is 1. The molecule has 0 radical (unpaired) electrons. The molecule has 2 amide bonds. The van der Waals surface area contributed by atoms with E-state index in [-0.39, 0.29) is 41.3 Å². The second-order valence-corrected chi connectivity index (χ2v) is 13.1. The Morgan fingerprint density at radius 2 is 1.67 bits per heavy atom. The average Bonchev–Trinajstić information content (AvgIpc) is 3.60. The van der Waals surface area contributed by atoms with Crippen LogP contribution in [0.3, 0.4) is 0 Å². The molecule has 1 aliphatic carbocycles. The highest BCUT2D eigenvalue weighted by Gasteiger charge is 2.50. The Hall–Kier alpha value is -4.22. The third kappa shape index (κ3) is 7.54. The molecule has 3 N–H and O–H groups in total. The van der Waals surface area contributed by atoms with E-state index in [1.165, 1.54) is 11.1 Å². The van der Waals surface area contributed by atoms with Crippen LogP contribution in [0.4, 0.5) is 13.2 Å². The van der Waals surface area contributed by atoms with Crippen LogP contribution in [0.15, 0.2) is 48.8 Å². The van der Waals surface area contributed by atoms with Crippen molar-refractivity contribution in [3.05, 3.63) is 65.5 Å². The Morgan fingerprint density at radius 3 is 2.20 bits per heavy atom. The molecule has 0 unspecified atom stereocenters. The molecule has 0 spiro atoms. The van der Waals surface area contributed by atoms with E-state index in [2.05, 4.69) is 27.4 Å². The summed E-state index contributed by atoms with van der Waals surface area (Å²) in [5, 5.41) is 10.2. The van der Waals surface area contributed by atoms with Crippen molar-refractivity contribution in [3.63, 3.8) is 0 Å². The van der Waals surface area contributed by atoms with E-state index in [0.717, 1.165) is 23.9 Å². The number of hydrogen-bond acceptors (Lipinski definition) is 5. The molecule has 9 nitrogen and oxygen atoms in total. The molecular weight excluding hydrogens is 589 g/mol. The number of nitrogens with zero attached hydrogens (tertiary/aromatic N) is 2. The number of amides is 2. The number of carboxylic acids is 1. The number of H-pyrrole nitrogens is 1. The van der Waals surface area contributed by atoms with Crippen molar-refractivity contribution >= 4 is 34.6 Å². The molecule has 5 rings (SSSR count). The molecule has 4 atom stereocenters. The average molecular weight is 629 g/mol. The molecule has 2 aromatic carbocycles. The quantitative estimate of drug-likeness (QED) is 0.321. The van der Waals surface area contributed by atoms with Gasteiger partial charge in [0.25, 0.3) is 0 Å². The standard InChI is InChI=1S/C31H38N4O3.C2HF3O2/c1-6-18(2)27-29(37)34-26(22-13-19-9-7-8-10-20(19)14-22)30(38)35(27)28(25(36)16-31(3,4)5)21-11-12-23-24(15-21)33-17-32-23;3-2(4,5)1(6)7/h7-12,15,17-18,22,26-28H,6,13-14,16H2,1-5H3,(H,32,33)(H,34,37);(H,6,7)/t18-,26-,27-,28-;/m1./s1. The highest BCUT2D eigenvalue weighted by atomic mass is 19.4. The highest BCUT2D eigenvalue weighted by Crippen LogP contribution is 2.38. The van der Waals surface area contributed by atoms with Crippen molar-refractivity contribution in [2.75, 3.05) is 0 Å². The smallest absolute Gasteiger partial charge is 0.475 e. The highest BCUT2D eigenvalue weighted by molar-refractivity contribution is 6.01. The summed E-state index contributed by atoms with van der Waals surface area (Å²) < 4.78 is 31.7. The number of benzene rings is 2. The van der Waals surface area contributed by atoms with E-state index in [4.69, 9.17) is 9.90 Å². The predicted octanol–water partition coefficient (Wildman–Crippen LogP) is 5.40. The number of piperazine rings is 1. The molecule has 0 saturated carbocycles. The largest absolute Gasteiger partial charge is 0.490 e. The number of aliphatic carboxylic acids is 1. The second-order valence-electron chi connectivity index (χ2n) is 13.1. The van der Waals surface area contributed by atoms with Crippen LogP contribution in [-0.2, 0) is 32.0 Å². The lowest BCUT2D eigenvalue weighted by molar-refractivity contribution is -0.192. The summed E-state index contributed by atoms with van der Waals surface area (Å²) in [6.45, 7) is 10.1. The van der Waals surface area contributed by atoms with Crippen LogP contribution in [0.1, 0.15) is 70.2 Å². The Morgan fingerprint density at radius 1 is 1.07 bits per heavy atom. The van der Waals surface area contributed by atoms with Crippen LogP contribution in [0.5, 0.6) is 0 Å². The molecule has 45 heavy (non-hydrogen) atoms. The topological polar surface area (TPSA) is 132 Å². The predicted molar refractivity (Wildman–Crippen MR) is 161 cm³/mol. The van der Waals surface area contributed by atoms with Crippen molar-refractivity contribution in [2.24, 2.45) is 17.3 Å². The first-order chi connectivity index (χ1) is 21.0. The monoisotopic (exact) mass is 628 g/mol. The van der Waals surface area contributed by atoms with Gasteiger partial charge in [0.1, 0.15) is 18.1 Å². The summed E-state index contributed by atoms with van der Waals surface area (Å²) in [6, 6.07) is 11.6. The van der Waals surface area contributed by atoms with E-state index in [0.29, 0.717) is 12.0 Å². The molecule has 3 aromatic rings. The summed E-state index contributed by atoms with van der Waals surface area (Å²) in [7, 11) is 0. The van der Waals surface area contributed by atoms with Crippen LogP contribution in [0.25, 0.3) is 11.0 Å². The lowest BCUT2D eigenvalue weighted by Gasteiger charge is -2.46. The zero-order valence-electron chi connectivity index (χ0n) is 25.9. The molecule has 1 saturated heterocycles. The Labute approximate surface area is 259 Å². The number of carboxylic acid groups (broad SMARTS) is 1. The molecule has 1 aliphatic heterocycles. The van der Waals surface area contributed by atoms with Gasteiger partial charge in [0.15, 0.2) is 5.78 Å². The van der Waals surface area contributed by atoms with Crippen LogP contribution in [0, 0.1) is 17.3 Å². The second kappa shape index (κ2) is 13.0. The number of aromatic nitrogens is 2. The zero-order valence-corrected chi connectivity index (χ0v) is 25.9. The first kappa shape index (κ1) is 33.7. The van der Waals surface area contributed by atoms with Gasteiger partial charge < -0.3 is 20.3 Å². The van der Waals surface area contributed by atoms with Gasteiger partial charge in [-0.2, -0.15) is 13.2 Å². The fourth-order valence-corrected chi connectivity index (χ4v) is 6.16. The third-order valence-electron chi connectivity index (χ3n) is 8.41. The number of carbonyl (C=O) groups excluding carboxylic acids is 3. The van der Waals surface area contributed by atoms with Gasteiger partial charge in [0, 0.05) is 6.42 Å². The Kier molecular flexibility index (Phi) is 9.74. The minimum atomic E-state index is -5.08. The lowest BCUT2D eigenvalue weighted by atomic mass is 9.82. The molecule has 2 heterocycles. The number of aromatic amines is 1. The van der Waals surface area contributed by atoms with E-state index in [1.807, 2.05) is 65.0 Å². The SMILES string of the molecule is CC[C@@H](C)[C@@H]1C(=O)N[C@H](C2Cc3ccccc3C2)C(=O)N1[C@@H](C(=O)CC(C)(C)C)c1ccc2nc[nH]c2c1.O=C(O)C(F)(F)F. The number of nitrogens with one attached hydrogen (secondary N) is 2. The number of halogens is 3. The van der Waals surface area contributed by atoms with Gasteiger partial charge in [-0.1, -0.05) is 71.4 Å². The molecule has 1 fully saturated rings. The van der Waals surface area contributed by atoms with Crippen molar-refractivity contribution in [3.8, 4) is 0 Å². The molecule has 242 valence electrons. The van der Waals surface area contributed by atoms with Crippen molar-refractivity contribution in [1.82, 2.24) is 20.2 Å². The zero-order chi connectivity index (χ0) is 33.3. The van der Waals surface area contributed by atoms with Gasteiger partial charge in [-0.15, -0.1) is 0 Å². The fourth-order valence-electron chi connectivity index (χ4n) is 6.16.